The summed E-state index contributed by atoms with van der Waals surface area (Å²) < 4.78 is 42.1. The van der Waals surface area contributed by atoms with Gasteiger partial charge in [-0.05, 0) is 17.7 Å². The third kappa shape index (κ3) is 2.69. The summed E-state index contributed by atoms with van der Waals surface area (Å²) in [7, 11) is 1.16. The molecule has 84 valence electrons. The molecule has 0 amide bonds. The van der Waals surface area contributed by atoms with Crippen molar-refractivity contribution in [1.82, 2.24) is 0 Å². The quantitative estimate of drug-likeness (QED) is 0.726. The Morgan fingerprint density at radius 1 is 1.33 bits per heavy atom. The number of benzene rings is 1. The van der Waals surface area contributed by atoms with Gasteiger partial charge in [0.2, 0.25) is 0 Å². The zero-order valence-corrected chi connectivity index (χ0v) is 9.17. The van der Waals surface area contributed by atoms with Crippen LogP contribution in [-0.2, 0) is 12.1 Å². The smallest absolute Gasteiger partial charge is 0.420 e. The minimum absolute atomic E-state index is 0.0156. The number of methoxy groups -OCH3 is 1. The number of ether oxygens (including phenoxy) is 1. The van der Waals surface area contributed by atoms with Gasteiger partial charge in [-0.15, -0.1) is 11.6 Å². The van der Waals surface area contributed by atoms with Crippen LogP contribution in [0.3, 0.4) is 0 Å². The first kappa shape index (κ1) is 12.5. The summed E-state index contributed by atoms with van der Waals surface area (Å²) in [5, 5.41) is -0.0156. The second kappa shape index (κ2) is 4.49. The van der Waals surface area contributed by atoms with E-state index in [1.807, 2.05) is 0 Å². The molecule has 1 aromatic carbocycles. The molecule has 0 heterocycles. The molecule has 0 saturated heterocycles. The second-order valence-electron chi connectivity index (χ2n) is 2.78. The topological polar surface area (TPSA) is 9.23 Å². The van der Waals surface area contributed by atoms with Crippen LogP contribution in [0.4, 0.5) is 13.2 Å². The Balaban J connectivity index is 3.34. The van der Waals surface area contributed by atoms with Crippen LogP contribution >= 0.6 is 23.2 Å². The molecule has 0 spiro atoms. The predicted molar refractivity (Wildman–Crippen MR) is 52.6 cm³/mol. The molecule has 0 bridgehead atoms. The van der Waals surface area contributed by atoms with Crippen molar-refractivity contribution in [3.63, 3.8) is 0 Å². The number of hydrogen-bond donors (Lipinski definition) is 0. The molecule has 0 aliphatic rings. The van der Waals surface area contributed by atoms with Gasteiger partial charge in [0.05, 0.1) is 12.7 Å². The van der Waals surface area contributed by atoms with Crippen LogP contribution in [0.1, 0.15) is 11.1 Å². The van der Waals surface area contributed by atoms with Gasteiger partial charge in [0.25, 0.3) is 0 Å². The molecule has 0 saturated carbocycles. The summed E-state index contributed by atoms with van der Waals surface area (Å²) in [4.78, 5) is 0. The first-order valence-electron chi connectivity index (χ1n) is 3.89. The van der Waals surface area contributed by atoms with Gasteiger partial charge in [-0.3, -0.25) is 0 Å². The van der Waals surface area contributed by atoms with E-state index in [-0.39, 0.29) is 16.7 Å². The van der Waals surface area contributed by atoms with Gasteiger partial charge < -0.3 is 4.74 Å². The average molecular weight is 259 g/mol. The van der Waals surface area contributed by atoms with Crippen LogP contribution in [0.15, 0.2) is 12.1 Å². The Hall–Kier alpha value is -0.610. The van der Waals surface area contributed by atoms with Crippen molar-refractivity contribution in [2.24, 2.45) is 0 Å². The summed E-state index contributed by atoms with van der Waals surface area (Å²) >= 11 is 11.1. The maximum absolute atomic E-state index is 12.5. The average Bonchev–Trinajstić information content (AvgIpc) is 2.16. The summed E-state index contributed by atoms with van der Waals surface area (Å²) in [5.41, 5.74) is -0.493. The number of rotatable bonds is 2. The van der Waals surface area contributed by atoms with Gasteiger partial charge in [0.15, 0.2) is 0 Å². The van der Waals surface area contributed by atoms with Crippen LogP contribution in [0, 0.1) is 0 Å². The fourth-order valence-corrected chi connectivity index (χ4v) is 1.61. The second-order valence-corrected chi connectivity index (χ2v) is 3.45. The summed E-state index contributed by atoms with van der Waals surface area (Å²) in [6, 6.07) is 2.01. The van der Waals surface area contributed by atoms with Gasteiger partial charge in [-0.2, -0.15) is 13.2 Å². The maximum atomic E-state index is 12.5. The lowest BCUT2D eigenvalue weighted by atomic mass is 10.1. The molecule has 0 aliphatic heterocycles. The largest absolute Gasteiger partial charge is 0.496 e. The van der Waals surface area contributed by atoms with Crippen molar-refractivity contribution < 1.29 is 17.9 Å². The third-order valence-corrected chi connectivity index (χ3v) is 2.46. The van der Waals surface area contributed by atoms with Crippen LogP contribution in [-0.4, -0.2) is 7.11 Å². The van der Waals surface area contributed by atoms with E-state index in [9.17, 15) is 13.2 Å². The van der Waals surface area contributed by atoms with Crippen molar-refractivity contribution in [3.05, 3.63) is 28.3 Å². The van der Waals surface area contributed by atoms with Crippen molar-refractivity contribution >= 4 is 23.2 Å². The Morgan fingerprint density at radius 3 is 2.33 bits per heavy atom. The van der Waals surface area contributed by atoms with E-state index in [1.54, 1.807) is 0 Å². The van der Waals surface area contributed by atoms with Gasteiger partial charge >= 0.3 is 6.18 Å². The first-order chi connectivity index (χ1) is 6.90. The van der Waals surface area contributed by atoms with E-state index in [0.29, 0.717) is 5.56 Å². The van der Waals surface area contributed by atoms with E-state index in [2.05, 4.69) is 4.74 Å². The van der Waals surface area contributed by atoms with Crippen LogP contribution in [0.25, 0.3) is 0 Å². The van der Waals surface area contributed by atoms with Gasteiger partial charge in [0, 0.05) is 10.9 Å². The maximum Gasteiger partial charge on any atom is 0.420 e. The standard InChI is InChI=1S/C9H7Cl2F3O/c1-15-8-2-5(4-10)7(11)3-6(8)9(12,13)14/h2-3H,4H2,1H3. The molecular weight excluding hydrogens is 252 g/mol. The van der Waals surface area contributed by atoms with Crippen molar-refractivity contribution in [1.29, 1.82) is 0 Å². The fourth-order valence-electron chi connectivity index (χ4n) is 1.09. The lowest BCUT2D eigenvalue weighted by molar-refractivity contribution is -0.138. The molecule has 6 heteroatoms. The zero-order valence-electron chi connectivity index (χ0n) is 7.66. The minimum Gasteiger partial charge on any atom is -0.496 e. The molecule has 0 aromatic heterocycles. The highest BCUT2D eigenvalue weighted by Crippen LogP contribution is 2.39. The Kier molecular flexibility index (Phi) is 3.73. The highest BCUT2D eigenvalue weighted by Gasteiger charge is 2.35. The first-order valence-corrected chi connectivity index (χ1v) is 4.81. The lowest BCUT2D eigenvalue weighted by Crippen LogP contribution is -2.08. The molecule has 0 unspecified atom stereocenters. The molecule has 1 rings (SSSR count). The number of alkyl halides is 4. The molecule has 1 aromatic rings. The van der Waals surface area contributed by atoms with Crippen LogP contribution in [0.5, 0.6) is 5.75 Å². The van der Waals surface area contributed by atoms with E-state index in [1.165, 1.54) is 6.07 Å². The highest BCUT2D eigenvalue weighted by molar-refractivity contribution is 6.32. The zero-order chi connectivity index (χ0) is 11.6. The Morgan fingerprint density at radius 2 is 1.93 bits per heavy atom. The molecule has 1 nitrogen and oxygen atoms in total. The fraction of sp³-hybridized carbons (Fsp3) is 0.333. The van der Waals surface area contributed by atoms with Crippen LogP contribution < -0.4 is 4.74 Å². The van der Waals surface area contributed by atoms with Gasteiger partial charge in [0.1, 0.15) is 5.75 Å². The minimum atomic E-state index is -4.49. The lowest BCUT2D eigenvalue weighted by Gasteiger charge is -2.13. The van der Waals surface area contributed by atoms with E-state index < -0.39 is 11.7 Å². The Labute approximate surface area is 94.7 Å². The van der Waals surface area contributed by atoms with E-state index in [0.717, 1.165) is 13.2 Å². The molecule has 15 heavy (non-hydrogen) atoms. The SMILES string of the molecule is COc1cc(CCl)c(Cl)cc1C(F)(F)F. The monoisotopic (exact) mass is 258 g/mol. The summed E-state index contributed by atoms with van der Waals surface area (Å²) in [5.74, 6) is -0.240. The molecule has 0 radical (unpaired) electrons. The van der Waals surface area contributed by atoms with E-state index in [4.69, 9.17) is 23.2 Å². The van der Waals surface area contributed by atoms with Gasteiger partial charge in [-0.25, -0.2) is 0 Å². The molecule has 0 atom stereocenters. The number of halogens is 5. The third-order valence-electron chi connectivity index (χ3n) is 1.82. The summed E-state index contributed by atoms with van der Waals surface area (Å²) in [6.07, 6.45) is -4.49. The number of hydrogen-bond acceptors (Lipinski definition) is 1. The van der Waals surface area contributed by atoms with Gasteiger partial charge in [-0.1, -0.05) is 11.6 Å². The Bertz CT molecular complexity index is 363. The van der Waals surface area contributed by atoms with E-state index >= 15 is 0 Å². The molecule has 0 fully saturated rings. The molecule has 0 aliphatic carbocycles. The predicted octanol–water partition coefficient (Wildman–Crippen LogP) is 4.11. The van der Waals surface area contributed by atoms with Crippen LogP contribution in [0.2, 0.25) is 5.02 Å². The molecule has 0 N–H and O–H groups in total. The van der Waals surface area contributed by atoms with Crippen molar-refractivity contribution in [2.45, 2.75) is 12.1 Å². The van der Waals surface area contributed by atoms with Crippen molar-refractivity contribution in [2.75, 3.05) is 7.11 Å². The normalized spacial score (nSPS) is 11.6. The van der Waals surface area contributed by atoms with Crippen molar-refractivity contribution in [3.8, 4) is 5.75 Å². The summed E-state index contributed by atoms with van der Waals surface area (Å²) in [6.45, 7) is 0. The highest BCUT2D eigenvalue weighted by atomic mass is 35.5. The molecular formula is C9H7Cl2F3O.